The van der Waals surface area contributed by atoms with Crippen LogP contribution < -0.4 is 0 Å². The highest BCUT2D eigenvalue weighted by Gasteiger charge is 2.16. The third-order valence-corrected chi connectivity index (χ3v) is 2.77. The van der Waals surface area contributed by atoms with Crippen molar-refractivity contribution >= 4 is 11.6 Å². The van der Waals surface area contributed by atoms with E-state index in [2.05, 4.69) is 10.1 Å². The fourth-order valence-electron chi connectivity index (χ4n) is 1.82. The minimum atomic E-state index is 0.373. The summed E-state index contributed by atoms with van der Waals surface area (Å²) in [5, 5.41) is 4.76. The van der Waals surface area contributed by atoms with Crippen LogP contribution in [0.25, 0.3) is 11.6 Å². The van der Waals surface area contributed by atoms with Gasteiger partial charge >= 0.3 is 0 Å². The molecule has 0 bridgehead atoms. The van der Waals surface area contributed by atoms with Gasteiger partial charge in [-0.1, -0.05) is 0 Å². The maximum Gasteiger partial charge on any atom is 0.217 e. The van der Waals surface area contributed by atoms with Crippen molar-refractivity contribution in [3.8, 4) is 11.6 Å². The van der Waals surface area contributed by atoms with E-state index in [4.69, 9.17) is 16.0 Å². The highest BCUT2D eigenvalue weighted by Crippen LogP contribution is 2.23. The largest absolute Gasteiger partial charge is 0.441 e. The molecule has 0 atom stereocenters. The second kappa shape index (κ2) is 3.38. The molecule has 0 unspecified atom stereocenters. The predicted octanol–water partition coefficient (Wildman–Crippen LogP) is 2.53. The summed E-state index contributed by atoms with van der Waals surface area (Å²) in [7, 11) is 0. The van der Waals surface area contributed by atoms with Gasteiger partial charge in [-0.25, -0.2) is 9.67 Å². The standard InChI is InChI=1S/C10H10ClN3O/c11-8-5-4-7(15-8)10-12-9-3-1-2-6-14(9)13-10/h4-5H,1-3,6H2. The van der Waals surface area contributed by atoms with Crippen LogP contribution in [0.4, 0.5) is 0 Å². The highest BCUT2D eigenvalue weighted by molar-refractivity contribution is 6.28. The summed E-state index contributed by atoms with van der Waals surface area (Å²) < 4.78 is 7.23. The van der Waals surface area contributed by atoms with Crippen LogP contribution in [-0.2, 0) is 13.0 Å². The van der Waals surface area contributed by atoms with Crippen LogP contribution in [0.5, 0.6) is 0 Å². The molecule has 15 heavy (non-hydrogen) atoms. The molecule has 2 aromatic heterocycles. The smallest absolute Gasteiger partial charge is 0.217 e. The number of aromatic nitrogens is 3. The highest BCUT2D eigenvalue weighted by atomic mass is 35.5. The average Bonchev–Trinajstić information content (AvgIpc) is 2.82. The van der Waals surface area contributed by atoms with Gasteiger partial charge < -0.3 is 4.42 Å². The van der Waals surface area contributed by atoms with Gasteiger partial charge in [-0.15, -0.1) is 5.10 Å². The molecule has 0 fully saturated rings. The van der Waals surface area contributed by atoms with E-state index in [0.717, 1.165) is 18.8 Å². The molecular formula is C10H10ClN3O. The Hall–Kier alpha value is -1.29. The lowest BCUT2D eigenvalue weighted by Crippen LogP contribution is -2.11. The van der Waals surface area contributed by atoms with E-state index in [9.17, 15) is 0 Å². The molecule has 78 valence electrons. The maximum absolute atomic E-state index is 5.71. The molecule has 2 aromatic rings. The first-order valence-electron chi connectivity index (χ1n) is 5.02. The second-order valence-corrected chi connectivity index (χ2v) is 4.01. The molecule has 0 saturated heterocycles. The lowest BCUT2D eigenvalue weighted by Gasteiger charge is -2.09. The molecule has 5 heteroatoms. The summed E-state index contributed by atoms with van der Waals surface area (Å²) in [5.74, 6) is 2.32. The Morgan fingerprint density at radius 3 is 3.00 bits per heavy atom. The van der Waals surface area contributed by atoms with E-state index >= 15 is 0 Å². The topological polar surface area (TPSA) is 43.9 Å². The van der Waals surface area contributed by atoms with Crippen LogP contribution in [-0.4, -0.2) is 14.8 Å². The van der Waals surface area contributed by atoms with Gasteiger partial charge in [-0.05, 0) is 36.6 Å². The Balaban J connectivity index is 2.02. The molecule has 0 aromatic carbocycles. The number of aryl methyl sites for hydroxylation is 2. The number of nitrogens with zero attached hydrogens (tertiary/aromatic N) is 3. The molecule has 0 aliphatic carbocycles. The van der Waals surface area contributed by atoms with E-state index in [0.29, 0.717) is 16.8 Å². The summed E-state index contributed by atoms with van der Waals surface area (Å²) >= 11 is 5.71. The number of fused-ring (bicyclic) bond motifs is 1. The van der Waals surface area contributed by atoms with Crippen molar-refractivity contribution in [2.75, 3.05) is 0 Å². The van der Waals surface area contributed by atoms with E-state index in [1.807, 2.05) is 4.68 Å². The Morgan fingerprint density at radius 2 is 2.27 bits per heavy atom. The van der Waals surface area contributed by atoms with Crippen LogP contribution in [0.15, 0.2) is 16.5 Å². The lowest BCUT2D eigenvalue weighted by atomic mass is 10.2. The zero-order valence-corrected chi connectivity index (χ0v) is 8.87. The molecule has 1 aliphatic rings. The Bertz CT molecular complexity index is 465. The van der Waals surface area contributed by atoms with Crippen molar-refractivity contribution in [1.29, 1.82) is 0 Å². The van der Waals surface area contributed by atoms with Crippen LogP contribution in [0, 0.1) is 0 Å². The Morgan fingerprint density at radius 1 is 1.33 bits per heavy atom. The van der Waals surface area contributed by atoms with Gasteiger partial charge in [-0.2, -0.15) is 0 Å². The van der Waals surface area contributed by atoms with Crippen molar-refractivity contribution in [2.45, 2.75) is 25.8 Å². The molecule has 0 radical (unpaired) electrons. The summed E-state index contributed by atoms with van der Waals surface area (Å²) in [6, 6.07) is 3.50. The first-order valence-corrected chi connectivity index (χ1v) is 5.40. The lowest BCUT2D eigenvalue weighted by molar-refractivity contribution is 0.479. The molecule has 0 N–H and O–H groups in total. The normalized spacial score (nSPS) is 15.3. The molecule has 0 spiro atoms. The maximum atomic E-state index is 5.71. The van der Waals surface area contributed by atoms with Crippen molar-refractivity contribution in [3.63, 3.8) is 0 Å². The van der Waals surface area contributed by atoms with Gasteiger partial charge in [0.2, 0.25) is 5.82 Å². The SMILES string of the molecule is Clc1ccc(-c2nc3n(n2)CCCC3)o1. The van der Waals surface area contributed by atoms with Gasteiger partial charge in [0.05, 0.1) is 0 Å². The van der Waals surface area contributed by atoms with E-state index in [1.165, 1.54) is 12.8 Å². The number of rotatable bonds is 1. The number of furan rings is 1. The third kappa shape index (κ3) is 1.55. The second-order valence-electron chi connectivity index (χ2n) is 3.64. The van der Waals surface area contributed by atoms with Gasteiger partial charge in [0.25, 0.3) is 0 Å². The van der Waals surface area contributed by atoms with Gasteiger partial charge in [0.1, 0.15) is 5.82 Å². The molecule has 0 amide bonds. The summed E-state index contributed by atoms with van der Waals surface area (Å²) in [4.78, 5) is 4.43. The van der Waals surface area contributed by atoms with Crippen LogP contribution in [0.2, 0.25) is 5.22 Å². The molecule has 3 heterocycles. The minimum Gasteiger partial charge on any atom is -0.441 e. The first kappa shape index (κ1) is 8.97. The predicted molar refractivity (Wildman–Crippen MR) is 55.7 cm³/mol. The van der Waals surface area contributed by atoms with Crippen LogP contribution >= 0.6 is 11.6 Å². The molecule has 4 nitrogen and oxygen atoms in total. The van der Waals surface area contributed by atoms with Crippen molar-refractivity contribution < 1.29 is 4.42 Å². The van der Waals surface area contributed by atoms with E-state index < -0.39 is 0 Å². The minimum absolute atomic E-state index is 0.373. The van der Waals surface area contributed by atoms with Crippen molar-refractivity contribution in [1.82, 2.24) is 14.8 Å². The zero-order valence-electron chi connectivity index (χ0n) is 8.11. The fourth-order valence-corrected chi connectivity index (χ4v) is 1.97. The quantitative estimate of drug-likeness (QED) is 0.746. The van der Waals surface area contributed by atoms with Crippen molar-refractivity contribution in [2.24, 2.45) is 0 Å². The number of hydrogen-bond donors (Lipinski definition) is 0. The van der Waals surface area contributed by atoms with Crippen LogP contribution in [0.3, 0.4) is 0 Å². The summed E-state index contributed by atoms with van der Waals surface area (Å²) in [5.41, 5.74) is 0. The number of halogens is 1. The number of hydrogen-bond acceptors (Lipinski definition) is 3. The Labute approximate surface area is 91.9 Å². The van der Waals surface area contributed by atoms with Gasteiger partial charge in [0.15, 0.2) is 11.0 Å². The Kier molecular flexibility index (Phi) is 2.02. The van der Waals surface area contributed by atoms with Gasteiger partial charge in [0, 0.05) is 13.0 Å². The monoisotopic (exact) mass is 223 g/mol. The molecule has 0 saturated carbocycles. The molecular weight excluding hydrogens is 214 g/mol. The fraction of sp³-hybridized carbons (Fsp3) is 0.400. The summed E-state index contributed by atoms with van der Waals surface area (Å²) in [6.07, 6.45) is 3.37. The van der Waals surface area contributed by atoms with E-state index in [1.54, 1.807) is 12.1 Å². The molecule has 3 rings (SSSR count). The first-order chi connectivity index (χ1) is 7.33. The van der Waals surface area contributed by atoms with Gasteiger partial charge in [-0.3, -0.25) is 0 Å². The third-order valence-electron chi connectivity index (χ3n) is 2.56. The summed E-state index contributed by atoms with van der Waals surface area (Å²) in [6.45, 7) is 0.955. The zero-order chi connectivity index (χ0) is 10.3. The van der Waals surface area contributed by atoms with Crippen LogP contribution in [0.1, 0.15) is 18.7 Å². The molecule has 1 aliphatic heterocycles. The van der Waals surface area contributed by atoms with E-state index in [-0.39, 0.29) is 0 Å². The van der Waals surface area contributed by atoms with Crippen molar-refractivity contribution in [3.05, 3.63) is 23.2 Å². The average molecular weight is 224 g/mol.